The molecule has 0 atom stereocenters. The minimum absolute atomic E-state index is 0.218. The zero-order valence-electron chi connectivity index (χ0n) is 14.0. The Hall–Kier alpha value is -0.610. The van der Waals surface area contributed by atoms with Crippen LogP contribution >= 0.6 is 23.5 Å². The van der Waals surface area contributed by atoms with Crippen molar-refractivity contribution in [3.63, 3.8) is 0 Å². The fourth-order valence-corrected chi connectivity index (χ4v) is 6.48. The molecule has 0 N–H and O–H groups in total. The lowest BCUT2D eigenvalue weighted by Gasteiger charge is -2.33. The van der Waals surface area contributed by atoms with Gasteiger partial charge in [-0.3, -0.25) is 4.79 Å². The Kier molecular flexibility index (Phi) is 6.35. The van der Waals surface area contributed by atoms with Gasteiger partial charge in [-0.05, 0) is 55.4 Å². The van der Waals surface area contributed by atoms with Gasteiger partial charge in [0.1, 0.15) is 0 Å². The number of hydrogen-bond donors (Lipinski definition) is 0. The third-order valence-electron chi connectivity index (χ3n) is 4.87. The van der Waals surface area contributed by atoms with Gasteiger partial charge in [-0.1, -0.05) is 31.4 Å². The van der Waals surface area contributed by atoms with E-state index in [-0.39, 0.29) is 5.91 Å². The van der Waals surface area contributed by atoms with Crippen molar-refractivity contribution in [3.8, 4) is 0 Å². The number of carbonyl (C=O) groups is 1. The Labute approximate surface area is 148 Å². The van der Waals surface area contributed by atoms with E-state index in [2.05, 4.69) is 24.0 Å². The van der Waals surface area contributed by atoms with E-state index >= 15 is 0 Å². The number of thioether (sulfide) groups is 2. The van der Waals surface area contributed by atoms with Gasteiger partial charge in [0.25, 0.3) is 5.91 Å². The Morgan fingerprint density at radius 3 is 2.30 bits per heavy atom. The average molecular weight is 350 g/mol. The summed E-state index contributed by atoms with van der Waals surface area (Å²) in [5.41, 5.74) is 2.21. The van der Waals surface area contributed by atoms with Crippen molar-refractivity contribution < 1.29 is 4.79 Å². The van der Waals surface area contributed by atoms with Crippen LogP contribution in [0.4, 0.5) is 0 Å². The van der Waals surface area contributed by atoms with Gasteiger partial charge in [0.15, 0.2) is 0 Å². The molecule has 1 saturated heterocycles. The third-order valence-corrected chi connectivity index (χ3v) is 7.89. The maximum atomic E-state index is 12.9. The van der Waals surface area contributed by atoms with Crippen LogP contribution in [0, 0.1) is 0 Å². The second-order valence-electron chi connectivity index (χ2n) is 6.43. The summed E-state index contributed by atoms with van der Waals surface area (Å²) in [6.07, 6.45) is 7.52. The first-order valence-electron chi connectivity index (χ1n) is 8.93. The molecule has 0 unspecified atom stereocenters. The lowest BCUT2D eigenvalue weighted by atomic mass is 9.93. The summed E-state index contributed by atoms with van der Waals surface area (Å²) in [6.45, 7) is 2.93. The molecule has 3 rings (SSSR count). The minimum atomic E-state index is 0.218. The fraction of sp³-hybridized carbons (Fsp3) is 0.632. The molecule has 1 aliphatic heterocycles. The normalized spacial score (nSPS) is 20.4. The van der Waals surface area contributed by atoms with Gasteiger partial charge in [0.2, 0.25) is 0 Å². The quantitative estimate of drug-likeness (QED) is 0.731. The van der Waals surface area contributed by atoms with Gasteiger partial charge in [-0.15, -0.1) is 23.5 Å². The summed E-state index contributed by atoms with van der Waals surface area (Å²) in [5, 5.41) is 0. The zero-order chi connectivity index (χ0) is 16.1. The van der Waals surface area contributed by atoms with Crippen molar-refractivity contribution in [3.05, 3.63) is 35.4 Å². The smallest absolute Gasteiger partial charge is 0.254 e. The Morgan fingerprint density at radius 1 is 1.04 bits per heavy atom. The van der Waals surface area contributed by atoms with Crippen LogP contribution in [-0.2, 0) is 0 Å². The second-order valence-corrected chi connectivity index (χ2v) is 9.16. The van der Waals surface area contributed by atoms with Crippen LogP contribution < -0.4 is 0 Å². The average Bonchev–Trinajstić information content (AvgIpc) is 2.64. The molecule has 0 spiro atoms. The largest absolute Gasteiger partial charge is 0.336 e. The molecule has 2 nitrogen and oxygen atoms in total. The molecule has 2 aliphatic rings. The van der Waals surface area contributed by atoms with Crippen molar-refractivity contribution >= 4 is 29.4 Å². The molecule has 0 aromatic heterocycles. The van der Waals surface area contributed by atoms with Crippen molar-refractivity contribution in [2.24, 2.45) is 0 Å². The molecule has 1 aliphatic carbocycles. The van der Waals surface area contributed by atoms with Crippen LogP contribution in [0.1, 0.15) is 66.0 Å². The molecule has 1 amide bonds. The Bertz CT molecular complexity index is 505. The molecule has 1 aromatic carbocycles. The SMILES string of the molecule is CCN(C(=O)c1ccc(C2SCCCS2)cc1)C1CCCCC1. The highest BCUT2D eigenvalue weighted by atomic mass is 32.2. The number of rotatable bonds is 4. The molecule has 23 heavy (non-hydrogen) atoms. The van der Waals surface area contributed by atoms with Crippen molar-refractivity contribution in [1.82, 2.24) is 4.90 Å². The molecule has 0 radical (unpaired) electrons. The van der Waals surface area contributed by atoms with E-state index < -0.39 is 0 Å². The number of carbonyl (C=O) groups excluding carboxylic acids is 1. The number of nitrogens with zero attached hydrogens (tertiary/aromatic N) is 1. The van der Waals surface area contributed by atoms with E-state index in [0.29, 0.717) is 10.6 Å². The van der Waals surface area contributed by atoms with Crippen LogP contribution in [0.2, 0.25) is 0 Å². The first-order valence-corrected chi connectivity index (χ1v) is 11.0. The van der Waals surface area contributed by atoms with E-state index in [1.165, 1.54) is 55.6 Å². The number of benzene rings is 1. The predicted octanol–water partition coefficient (Wildman–Crippen LogP) is 5.35. The van der Waals surface area contributed by atoms with Crippen LogP contribution in [0.15, 0.2) is 24.3 Å². The molecule has 4 heteroatoms. The summed E-state index contributed by atoms with van der Waals surface area (Å²) in [4.78, 5) is 15.0. The first-order chi connectivity index (χ1) is 11.3. The minimum Gasteiger partial charge on any atom is -0.336 e. The topological polar surface area (TPSA) is 20.3 Å². The first kappa shape index (κ1) is 17.2. The van der Waals surface area contributed by atoms with E-state index in [4.69, 9.17) is 0 Å². The second kappa shape index (κ2) is 8.48. The Morgan fingerprint density at radius 2 is 1.70 bits per heavy atom. The van der Waals surface area contributed by atoms with E-state index in [9.17, 15) is 4.79 Å². The number of hydrogen-bond acceptors (Lipinski definition) is 3. The molecular weight excluding hydrogens is 322 g/mol. The summed E-state index contributed by atoms with van der Waals surface area (Å²) < 4.78 is 0.550. The van der Waals surface area contributed by atoms with E-state index in [0.717, 1.165) is 12.1 Å². The lowest BCUT2D eigenvalue weighted by molar-refractivity contribution is 0.0648. The summed E-state index contributed by atoms with van der Waals surface area (Å²) in [7, 11) is 0. The van der Waals surface area contributed by atoms with E-state index in [1.54, 1.807) is 0 Å². The summed E-state index contributed by atoms with van der Waals surface area (Å²) in [5.74, 6) is 2.72. The summed E-state index contributed by atoms with van der Waals surface area (Å²) in [6, 6.07) is 8.86. The highest BCUT2D eigenvalue weighted by Crippen LogP contribution is 2.43. The highest BCUT2D eigenvalue weighted by Gasteiger charge is 2.25. The predicted molar refractivity (Wildman–Crippen MR) is 102 cm³/mol. The molecule has 1 saturated carbocycles. The highest BCUT2D eigenvalue weighted by molar-refractivity contribution is 8.16. The maximum absolute atomic E-state index is 12.9. The summed E-state index contributed by atoms with van der Waals surface area (Å²) >= 11 is 4.06. The Balaban J connectivity index is 1.68. The monoisotopic (exact) mass is 349 g/mol. The van der Waals surface area contributed by atoms with Gasteiger partial charge in [-0.2, -0.15) is 0 Å². The van der Waals surface area contributed by atoms with Gasteiger partial charge in [0.05, 0.1) is 4.58 Å². The van der Waals surface area contributed by atoms with Crippen LogP contribution in [0.3, 0.4) is 0 Å². The zero-order valence-corrected chi connectivity index (χ0v) is 15.6. The van der Waals surface area contributed by atoms with Gasteiger partial charge >= 0.3 is 0 Å². The lowest BCUT2D eigenvalue weighted by Crippen LogP contribution is -2.41. The molecule has 1 aromatic rings. The van der Waals surface area contributed by atoms with Crippen LogP contribution in [0.25, 0.3) is 0 Å². The number of amides is 1. The van der Waals surface area contributed by atoms with Gasteiger partial charge in [0, 0.05) is 18.2 Å². The van der Waals surface area contributed by atoms with Crippen molar-refractivity contribution in [1.29, 1.82) is 0 Å². The van der Waals surface area contributed by atoms with E-state index in [1.807, 2.05) is 35.7 Å². The van der Waals surface area contributed by atoms with Crippen molar-refractivity contribution in [2.75, 3.05) is 18.1 Å². The fourth-order valence-electron chi connectivity index (χ4n) is 3.59. The van der Waals surface area contributed by atoms with Crippen LogP contribution in [-0.4, -0.2) is 34.9 Å². The standard InChI is InChI=1S/C19H27NOS2/c1-2-20(17-7-4-3-5-8-17)18(21)15-9-11-16(12-10-15)19-22-13-6-14-23-19/h9-12,17,19H,2-8,13-14H2,1H3. The molecule has 2 fully saturated rings. The molecule has 1 heterocycles. The van der Waals surface area contributed by atoms with Crippen molar-refractivity contribution in [2.45, 2.75) is 56.1 Å². The maximum Gasteiger partial charge on any atom is 0.254 e. The molecular formula is C19H27NOS2. The van der Waals surface area contributed by atoms with Gasteiger partial charge in [-0.25, -0.2) is 0 Å². The third kappa shape index (κ3) is 4.27. The molecule has 126 valence electrons. The van der Waals surface area contributed by atoms with Gasteiger partial charge < -0.3 is 4.90 Å². The van der Waals surface area contributed by atoms with Crippen LogP contribution in [0.5, 0.6) is 0 Å². The molecule has 0 bridgehead atoms.